The molecule has 10 heteroatoms. The molecular formula is C17H17N5O5. The monoisotopic (exact) mass is 371 g/mol. The average Bonchev–Trinajstić information content (AvgIpc) is 3.28. The summed E-state index contributed by atoms with van der Waals surface area (Å²) in [6.45, 7) is -0.465. The van der Waals surface area contributed by atoms with E-state index in [1.807, 2.05) is 0 Å². The standard InChI is InChI=1S/C17H17N5O5/c23-6-10-12(24)13(25)17(27-10)22-8-20-14-11(18-7-19-14)15(22)21-16(26)9-4-2-1-3-5-9/h1-5,7-8,10,12-13,17,23-25H,6H2,(H,21,26)/t10-,12-,13+,17-/m1/s1. The van der Waals surface area contributed by atoms with Gasteiger partial charge in [0.1, 0.15) is 36.8 Å². The van der Waals surface area contributed by atoms with E-state index in [0.717, 1.165) is 0 Å². The maximum Gasteiger partial charge on any atom is 0.256 e. The predicted molar refractivity (Wildman–Crippen MR) is 91.8 cm³/mol. The third-order valence-electron chi connectivity index (χ3n) is 4.42. The summed E-state index contributed by atoms with van der Waals surface area (Å²) in [6, 6.07) is 8.57. The van der Waals surface area contributed by atoms with Crippen molar-refractivity contribution in [3.63, 3.8) is 0 Å². The zero-order valence-electron chi connectivity index (χ0n) is 14.0. The second-order valence-electron chi connectivity index (χ2n) is 6.10. The van der Waals surface area contributed by atoms with Crippen LogP contribution in [0, 0.1) is 0 Å². The molecule has 4 N–H and O–H groups in total. The molecule has 0 bridgehead atoms. The highest BCUT2D eigenvalue weighted by atomic mass is 16.6. The number of hydrogen-bond acceptors (Lipinski definition) is 8. The third kappa shape index (κ3) is 3.04. The molecule has 3 aliphatic heterocycles. The van der Waals surface area contributed by atoms with Crippen molar-refractivity contribution in [2.45, 2.75) is 24.5 Å². The molecule has 1 aromatic carbocycles. The smallest absolute Gasteiger partial charge is 0.256 e. The first-order chi connectivity index (χ1) is 13.1. The van der Waals surface area contributed by atoms with Crippen molar-refractivity contribution < 1.29 is 24.9 Å². The second-order valence-corrected chi connectivity index (χ2v) is 6.10. The van der Waals surface area contributed by atoms with Crippen LogP contribution in [-0.2, 0) is 4.74 Å². The highest BCUT2D eigenvalue weighted by molar-refractivity contribution is 6.05. The SMILES string of the molecule is O=C(Nc1c2ncnc-2ncn1[C@@H]1O[C@H](CO)[C@@H](O)[C@@H]1O)c1ccccc1. The van der Waals surface area contributed by atoms with E-state index in [9.17, 15) is 20.1 Å². The van der Waals surface area contributed by atoms with Gasteiger partial charge < -0.3 is 25.4 Å². The number of imidazole rings is 1. The van der Waals surface area contributed by atoms with E-state index in [1.165, 1.54) is 17.2 Å². The summed E-state index contributed by atoms with van der Waals surface area (Å²) in [5, 5.41) is 32.4. The first-order valence-electron chi connectivity index (χ1n) is 8.26. The van der Waals surface area contributed by atoms with Crippen LogP contribution in [0.2, 0.25) is 0 Å². The fourth-order valence-electron chi connectivity index (χ4n) is 3.01. The van der Waals surface area contributed by atoms with Gasteiger partial charge in [0.25, 0.3) is 5.91 Å². The predicted octanol–water partition coefficient (Wildman–Crippen LogP) is -0.358. The molecule has 10 nitrogen and oxygen atoms in total. The summed E-state index contributed by atoms with van der Waals surface area (Å²) in [5.41, 5.74) is 0.731. The van der Waals surface area contributed by atoms with Crippen LogP contribution in [0.5, 0.6) is 0 Å². The lowest BCUT2D eigenvalue weighted by Crippen LogP contribution is -2.33. The number of carbonyl (C=O) groups excluding carboxylic acids is 1. The Labute approximate surface area is 153 Å². The van der Waals surface area contributed by atoms with Gasteiger partial charge in [0.15, 0.2) is 17.7 Å². The lowest BCUT2D eigenvalue weighted by Gasteiger charge is -2.23. The van der Waals surface area contributed by atoms with Crippen molar-refractivity contribution in [2.24, 2.45) is 0 Å². The Morgan fingerprint density at radius 1 is 1.15 bits per heavy atom. The Kier molecular flexibility index (Phi) is 4.54. The Bertz CT molecular complexity index is 917. The largest absolute Gasteiger partial charge is 0.394 e. The molecule has 4 atom stereocenters. The summed E-state index contributed by atoms with van der Waals surface area (Å²) in [5.74, 6) is 0.120. The van der Waals surface area contributed by atoms with Gasteiger partial charge in [-0.2, -0.15) is 0 Å². The number of hydrogen-bond donors (Lipinski definition) is 4. The zero-order chi connectivity index (χ0) is 19.0. The maximum absolute atomic E-state index is 12.6. The topological polar surface area (TPSA) is 143 Å². The lowest BCUT2D eigenvalue weighted by atomic mass is 10.1. The maximum atomic E-state index is 12.6. The fourth-order valence-corrected chi connectivity index (χ4v) is 3.01. The van der Waals surface area contributed by atoms with Crippen LogP contribution in [0.3, 0.4) is 0 Å². The number of aliphatic hydroxyl groups is 3. The van der Waals surface area contributed by atoms with Crippen molar-refractivity contribution in [3.05, 3.63) is 48.5 Å². The number of carbonyl (C=O) groups is 1. The van der Waals surface area contributed by atoms with E-state index in [4.69, 9.17) is 4.74 Å². The van der Waals surface area contributed by atoms with E-state index in [-0.39, 0.29) is 5.82 Å². The highest BCUT2D eigenvalue weighted by Crippen LogP contribution is 2.34. The number of benzene rings is 1. The molecule has 3 heterocycles. The van der Waals surface area contributed by atoms with Crippen LogP contribution >= 0.6 is 0 Å². The lowest BCUT2D eigenvalue weighted by molar-refractivity contribution is -0.0523. The van der Waals surface area contributed by atoms with Gasteiger partial charge in [-0.15, -0.1) is 0 Å². The first-order valence-corrected chi connectivity index (χ1v) is 8.26. The molecule has 1 aromatic rings. The molecule has 0 aromatic heterocycles. The number of anilines is 1. The number of fused-ring (bicyclic) bond motifs is 1. The minimum absolute atomic E-state index is 0.209. The third-order valence-corrected chi connectivity index (χ3v) is 4.42. The van der Waals surface area contributed by atoms with Gasteiger partial charge in [-0.3, -0.25) is 9.36 Å². The molecule has 1 fully saturated rings. The fraction of sp³-hybridized carbons (Fsp3) is 0.294. The number of nitrogens with one attached hydrogen (secondary N) is 1. The molecular weight excluding hydrogens is 354 g/mol. The van der Waals surface area contributed by atoms with E-state index in [1.54, 1.807) is 30.3 Å². The van der Waals surface area contributed by atoms with Crippen LogP contribution in [0.1, 0.15) is 16.6 Å². The summed E-state index contributed by atoms with van der Waals surface area (Å²) < 4.78 is 6.91. The molecule has 0 aliphatic carbocycles. The number of ether oxygens (including phenoxy) is 1. The van der Waals surface area contributed by atoms with Crippen molar-refractivity contribution in [1.82, 2.24) is 19.5 Å². The van der Waals surface area contributed by atoms with Crippen LogP contribution in [0.25, 0.3) is 11.5 Å². The molecule has 0 unspecified atom stereocenters. The number of aliphatic hydroxyl groups excluding tert-OH is 3. The van der Waals surface area contributed by atoms with Gasteiger partial charge in [0, 0.05) is 5.56 Å². The number of aromatic nitrogens is 4. The minimum Gasteiger partial charge on any atom is -0.394 e. The molecule has 3 aliphatic rings. The molecule has 1 saturated heterocycles. The molecule has 27 heavy (non-hydrogen) atoms. The van der Waals surface area contributed by atoms with Crippen LogP contribution < -0.4 is 5.32 Å². The van der Waals surface area contributed by atoms with Crippen molar-refractivity contribution in [3.8, 4) is 11.5 Å². The number of rotatable bonds is 4. The quantitative estimate of drug-likeness (QED) is 0.487. The summed E-state index contributed by atoms with van der Waals surface area (Å²) >= 11 is 0. The van der Waals surface area contributed by atoms with Gasteiger partial charge in [-0.1, -0.05) is 18.2 Å². The molecule has 1 amide bonds. The minimum atomic E-state index is -1.33. The van der Waals surface area contributed by atoms with Gasteiger partial charge in [0.05, 0.1) is 6.61 Å². The second kappa shape index (κ2) is 7.00. The molecule has 0 spiro atoms. The Hall–Kier alpha value is -2.92. The van der Waals surface area contributed by atoms with E-state index in [2.05, 4.69) is 20.3 Å². The van der Waals surface area contributed by atoms with E-state index < -0.39 is 37.1 Å². The zero-order valence-corrected chi connectivity index (χ0v) is 14.0. The number of nitrogens with zero attached hydrogens (tertiary/aromatic N) is 4. The van der Waals surface area contributed by atoms with Gasteiger partial charge in [0.2, 0.25) is 0 Å². The highest BCUT2D eigenvalue weighted by Gasteiger charge is 2.44. The van der Waals surface area contributed by atoms with Crippen molar-refractivity contribution in [2.75, 3.05) is 11.9 Å². The summed E-state index contributed by atoms with van der Waals surface area (Å²) in [4.78, 5) is 24.9. The van der Waals surface area contributed by atoms with E-state index in [0.29, 0.717) is 17.1 Å². The first kappa shape index (κ1) is 17.5. The number of amides is 1. The van der Waals surface area contributed by atoms with Crippen molar-refractivity contribution >= 4 is 11.7 Å². The Morgan fingerprint density at radius 3 is 2.63 bits per heavy atom. The summed E-state index contributed by atoms with van der Waals surface area (Å²) in [7, 11) is 0. The average molecular weight is 371 g/mol. The molecule has 0 saturated carbocycles. The van der Waals surface area contributed by atoms with Gasteiger partial charge in [-0.25, -0.2) is 15.0 Å². The van der Waals surface area contributed by atoms with Gasteiger partial charge in [-0.05, 0) is 12.1 Å². The molecule has 4 rings (SSSR count). The van der Waals surface area contributed by atoms with Crippen molar-refractivity contribution in [1.29, 1.82) is 0 Å². The molecule has 140 valence electrons. The summed E-state index contributed by atoms with van der Waals surface area (Å²) in [6.07, 6.45) is -2.02. The Balaban J connectivity index is 1.74. The normalized spacial score (nSPS) is 25.0. The van der Waals surface area contributed by atoms with Gasteiger partial charge >= 0.3 is 0 Å². The van der Waals surface area contributed by atoms with Crippen LogP contribution in [0.4, 0.5) is 5.82 Å². The Morgan fingerprint density at radius 2 is 1.93 bits per heavy atom. The van der Waals surface area contributed by atoms with Crippen LogP contribution in [0.15, 0.2) is 43.0 Å². The van der Waals surface area contributed by atoms with E-state index >= 15 is 0 Å². The molecule has 0 radical (unpaired) electrons. The van der Waals surface area contributed by atoms with Crippen LogP contribution in [-0.4, -0.2) is 65.7 Å².